The Labute approximate surface area is 199 Å². The molecule has 0 aliphatic heterocycles. The van der Waals surface area contributed by atoms with E-state index in [4.69, 9.17) is 9.15 Å². The van der Waals surface area contributed by atoms with Crippen LogP contribution in [-0.2, 0) is 28.9 Å². The van der Waals surface area contributed by atoms with E-state index in [0.29, 0.717) is 28.7 Å². The van der Waals surface area contributed by atoms with Crippen LogP contribution in [0.25, 0.3) is 21.9 Å². The smallest absolute Gasteiger partial charge is 0.339 e. The van der Waals surface area contributed by atoms with E-state index in [9.17, 15) is 24.6 Å². The van der Waals surface area contributed by atoms with Crippen LogP contribution in [0, 0.1) is 0 Å². The molecule has 0 radical (unpaired) electrons. The zero-order chi connectivity index (χ0) is 24.7. The van der Waals surface area contributed by atoms with Gasteiger partial charge in [0, 0.05) is 40.5 Å². The summed E-state index contributed by atoms with van der Waals surface area (Å²) in [7, 11) is 0. The van der Waals surface area contributed by atoms with Gasteiger partial charge in [0.15, 0.2) is 6.10 Å². The number of aliphatic carboxylic acids is 1. The third-order valence-electron chi connectivity index (χ3n) is 6.40. The molecule has 3 N–H and O–H groups in total. The molecule has 1 aliphatic carbocycles. The number of nitrogens with one attached hydrogen (secondary N) is 2. The van der Waals surface area contributed by atoms with E-state index in [0.717, 1.165) is 34.9 Å². The highest BCUT2D eigenvalue weighted by Crippen LogP contribution is 2.30. The fraction of sp³-hybridized carbons (Fsp3) is 0.269. The zero-order valence-corrected chi connectivity index (χ0v) is 18.9. The van der Waals surface area contributed by atoms with Gasteiger partial charge in [-0.15, -0.1) is 0 Å². The van der Waals surface area contributed by atoms with Gasteiger partial charge in [0.05, 0.1) is 12.0 Å². The van der Waals surface area contributed by atoms with Crippen LogP contribution < -0.4 is 20.8 Å². The number of benzene rings is 2. The molecule has 2 aromatic carbocycles. The third-order valence-corrected chi connectivity index (χ3v) is 6.40. The number of aryl methyl sites for hydroxylation is 1. The molecule has 0 unspecified atom stereocenters. The van der Waals surface area contributed by atoms with Crippen molar-refractivity contribution in [3.8, 4) is 11.5 Å². The van der Waals surface area contributed by atoms with Crippen LogP contribution in [0.4, 0.5) is 0 Å². The summed E-state index contributed by atoms with van der Waals surface area (Å²) in [5.41, 5.74) is 3.09. The van der Waals surface area contributed by atoms with E-state index in [1.165, 1.54) is 19.1 Å². The first-order valence-electron chi connectivity index (χ1n) is 11.4. The van der Waals surface area contributed by atoms with Gasteiger partial charge in [-0.3, -0.25) is 4.79 Å². The van der Waals surface area contributed by atoms with E-state index >= 15 is 0 Å². The predicted octanol–water partition coefficient (Wildman–Crippen LogP) is 1.71. The lowest BCUT2D eigenvalue weighted by molar-refractivity contribution is -0.308. The van der Waals surface area contributed by atoms with E-state index in [1.54, 1.807) is 30.5 Å². The van der Waals surface area contributed by atoms with Crippen molar-refractivity contribution in [3.63, 3.8) is 0 Å². The summed E-state index contributed by atoms with van der Waals surface area (Å²) in [5.74, 6) is -1.72. The molecule has 9 nitrogen and oxygen atoms in total. The molecule has 2 aromatic heterocycles. The van der Waals surface area contributed by atoms with Crippen molar-refractivity contribution >= 4 is 33.7 Å². The number of carbonyl (C=O) groups excluding carboxylic acids is 2. The maximum Gasteiger partial charge on any atom is 0.339 e. The fourth-order valence-corrected chi connectivity index (χ4v) is 4.63. The number of amides is 1. The van der Waals surface area contributed by atoms with Crippen LogP contribution in [0.1, 0.15) is 30.0 Å². The summed E-state index contributed by atoms with van der Waals surface area (Å²) in [5, 5.41) is 25.5. The number of fused-ring (bicyclic) bond motifs is 4. The minimum Gasteiger partial charge on any atom is -0.548 e. The van der Waals surface area contributed by atoms with Crippen LogP contribution in [-0.4, -0.2) is 34.1 Å². The van der Waals surface area contributed by atoms with Crippen LogP contribution in [0.15, 0.2) is 51.8 Å². The number of hydrogen-bond donors (Lipinski definition) is 3. The summed E-state index contributed by atoms with van der Waals surface area (Å²) in [6.45, 7) is 1.49. The Morgan fingerprint density at radius 3 is 2.77 bits per heavy atom. The molecule has 2 heterocycles. The fourth-order valence-electron chi connectivity index (χ4n) is 4.63. The maximum atomic E-state index is 12.7. The summed E-state index contributed by atoms with van der Waals surface area (Å²) < 4.78 is 11.2. The Morgan fingerprint density at radius 2 is 1.97 bits per heavy atom. The van der Waals surface area contributed by atoms with Crippen molar-refractivity contribution in [1.29, 1.82) is 0 Å². The minimum absolute atomic E-state index is 0.0452. The number of phenols is 1. The minimum atomic E-state index is -1.44. The number of aromatic nitrogens is 1. The van der Waals surface area contributed by atoms with E-state index in [1.807, 2.05) is 0 Å². The second kappa shape index (κ2) is 8.83. The molecule has 35 heavy (non-hydrogen) atoms. The Kier molecular flexibility index (Phi) is 5.68. The van der Waals surface area contributed by atoms with Crippen molar-refractivity contribution in [2.45, 2.75) is 44.8 Å². The average molecular weight is 475 g/mol. The largest absolute Gasteiger partial charge is 0.548 e. The standard InChI is InChI=1S/C26H24N2O7/c1-13(34-16-6-7-18-17-3-2-4-19(17)26(33)35-23(18)11-16)24(30)28-22(25(31)32)9-14-12-27-21-8-5-15(29)10-20(14)21/h5-8,10-13,22,27,29H,2-4,9H2,1H3,(H,28,30)(H,31,32)/p-1/t13-,22+/m1/s1. The zero-order valence-electron chi connectivity index (χ0n) is 18.9. The van der Waals surface area contributed by atoms with Crippen LogP contribution in [0.3, 0.4) is 0 Å². The first-order chi connectivity index (χ1) is 16.8. The highest BCUT2D eigenvalue weighted by Gasteiger charge is 2.23. The van der Waals surface area contributed by atoms with Gasteiger partial charge < -0.3 is 34.5 Å². The SMILES string of the molecule is C[C@@H](Oc1ccc2c3c(c(=O)oc2c1)CCC3)C(=O)N[C@@H](Cc1c[nH]c2ccc(O)cc12)C(=O)[O-]. The lowest BCUT2D eigenvalue weighted by atomic mass is 10.0. The first-order valence-corrected chi connectivity index (χ1v) is 11.4. The molecule has 0 spiro atoms. The van der Waals surface area contributed by atoms with Crippen molar-refractivity contribution in [2.75, 3.05) is 0 Å². The molecule has 1 amide bonds. The predicted molar refractivity (Wildman–Crippen MR) is 125 cm³/mol. The molecular weight excluding hydrogens is 452 g/mol. The normalized spacial score (nSPS) is 14.5. The monoisotopic (exact) mass is 475 g/mol. The first kappa shape index (κ1) is 22.5. The van der Waals surface area contributed by atoms with Gasteiger partial charge >= 0.3 is 5.63 Å². The van der Waals surface area contributed by atoms with Crippen LogP contribution in [0.2, 0.25) is 0 Å². The molecule has 0 saturated heterocycles. The van der Waals surface area contributed by atoms with Crippen LogP contribution in [0.5, 0.6) is 11.5 Å². The Balaban J connectivity index is 1.30. The van der Waals surface area contributed by atoms with E-state index in [-0.39, 0.29) is 17.8 Å². The second-order valence-electron chi connectivity index (χ2n) is 8.75. The summed E-state index contributed by atoms with van der Waals surface area (Å²) in [6.07, 6.45) is 3.00. The molecule has 9 heteroatoms. The maximum absolute atomic E-state index is 12.7. The Bertz CT molecular complexity index is 1520. The number of rotatable bonds is 7. The van der Waals surface area contributed by atoms with Gasteiger partial charge in [0.25, 0.3) is 5.91 Å². The van der Waals surface area contributed by atoms with Crippen molar-refractivity contribution < 1.29 is 29.0 Å². The van der Waals surface area contributed by atoms with Gasteiger partial charge in [-0.25, -0.2) is 4.79 Å². The third kappa shape index (κ3) is 4.32. The molecule has 2 atom stereocenters. The van der Waals surface area contributed by atoms with E-state index < -0.39 is 24.0 Å². The lowest BCUT2D eigenvalue weighted by Gasteiger charge is -2.22. The Morgan fingerprint density at radius 1 is 1.17 bits per heavy atom. The topological polar surface area (TPSA) is 145 Å². The van der Waals surface area contributed by atoms with Crippen molar-refractivity contribution in [3.05, 3.63) is 69.7 Å². The van der Waals surface area contributed by atoms with Gasteiger partial charge in [-0.1, -0.05) is 0 Å². The summed E-state index contributed by atoms with van der Waals surface area (Å²) in [6, 6.07) is 8.47. The van der Waals surface area contributed by atoms with E-state index in [2.05, 4.69) is 10.3 Å². The molecular formula is C26H23N2O7-. The van der Waals surface area contributed by atoms with Gasteiger partial charge in [0.2, 0.25) is 0 Å². The average Bonchev–Trinajstić information content (AvgIpc) is 3.46. The molecule has 0 fully saturated rings. The molecule has 4 aromatic rings. The highest BCUT2D eigenvalue weighted by molar-refractivity contribution is 5.88. The Hall–Kier alpha value is -4.27. The number of aromatic amines is 1. The highest BCUT2D eigenvalue weighted by atomic mass is 16.5. The number of aromatic hydroxyl groups is 1. The quantitative estimate of drug-likeness (QED) is 0.345. The number of phenolic OH excluding ortho intramolecular Hbond substituents is 1. The summed E-state index contributed by atoms with van der Waals surface area (Å²) in [4.78, 5) is 39.7. The van der Waals surface area contributed by atoms with Crippen LogP contribution >= 0.6 is 0 Å². The molecule has 5 rings (SSSR count). The van der Waals surface area contributed by atoms with Crippen molar-refractivity contribution in [1.82, 2.24) is 10.3 Å². The number of H-pyrrole nitrogens is 1. The molecule has 0 saturated carbocycles. The number of carbonyl (C=O) groups is 2. The lowest BCUT2D eigenvalue weighted by Crippen LogP contribution is -2.52. The van der Waals surface area contributed by atoms with Gasteiger partial charge in [-0.05, 0) is 67.6 Å². The summed E-state index contributed by atoms with van der Waals surface area (Å²) >= 11 is 0. The molecule has 180 valence electrons. The van der Waals surface area contributed by atoms with Gasteiger partial charge in [0.1, 0.15) is 17.1 Å². The number of carboxylic acid groups (broad SMARTS) is 1. The number of hydrogen-bond acceptors (Lipinski definition) is 7. The van der Waals surface area contributed by atoms with Gasteiger partial charge in [-0.2, -0.15) is 0 Å². The number of carboxylic acids is 1. The molecule has 1 aliphatic rings. The molecule has 0 bridgehead atoms. The number of ether oxygens (including phenoxy) is 1. The second-order valence-corrected chi connectivity index (χ2v) is 8.75. The van der Waals surface area contributed by atoms with Crippen molar-refractivity contribution in [2.24, 2.45) is 0 Å².